The molecule has 1 saturated heterocycles. The Labute approximate surface area is 82.7 Å². The summed E-state index contributed by atoms with van der Waals surface area (Å²) in [6, 6.07) is 0. The van der Waals surface area contributed by atoms with Crippen LogP contribution >= 0.6 is 0 Å². The maximum absolute atomic E-state index is 9.08. The molecule has 5 nitrogen and oxygen atoms in total. The van der Waals surface area contributed by atoms with Crippen molar-refractivity contribution in [3.8, 4) is 0 Å². The topological polar surface area (TPSA) is 62.4 Å². The summed E-state index contributed by atoms with van der Waals surface area (Å²) in [5, 5.41) is 12.9. The lowest BCUT2D eigenvalue weighted by Gasteiger charge is -2.34. The van der Waals surface area contributed by atoms with Crippen molar-refractivity contribution < 1.29 is 9.63 Å². The van der Waals surface area contributed by atoms with E-state index in [1.54, 1.807) is 0 Å². The van der Waals surface area contributed by atoms with Gasteiger partial charge in [0.05, 0.1) is 12.6 Å². The molecule has 2 heterocycles. The minimum atomic E-state index is -0.173. The van der Waals surface area contributed by atoms with Crippen LogP contribution in [-0.4, -0.2) is 39.3 Å². The minimum Gasteiger partial charge on any atom is -0.390 e. The van der Waals surface area contributed by atoms with Gasteiger partial charge in [0.25, 0.3) is 0 Å². The van der Waals surface area contributed by atoms with Gasteiger partial charge >= 0.3 is 0 Å². The molecular weight excluding hydrogens is 182 g/mol. The van der Waals surface area contributed by atoms with Gasteiger partial charge in [-0.1, -0.05) is 12.1 Å². The molecule has 14 heavy (non-hydrogen) atoms. The molecule has 2 rings (SSSR count). The van der Waals surface area contributed by atoms with E-state index in [1.807, 2.05) is 0 Å². The first-order valence-corrected chi connectivity index (χ1v) is 5.00. The number of rotatable bonds is 4. The molecular formula is C9H15N3O2. The van der Waals surface area contributed by atoms with Crippen molar-refractivity contribution in [1.29, 1.82) is 0 Å². The molecule has 1 fully saturated rings. The predicted molar refractivity (Wildman–Crippen MR) is 49.6 cm³/mol. The van der Waals surface area contributed by atoms with Crippen LogP contribution in [-0.2, 0) is 13.0 Å². The molecule has 0 unspecified atom stereocenters. The third-order valence-corrected chi connectivity index (χ3v) is 2.28. The Balaban J connectivity index is 1.84. The van der Waals surface area contributed by atoms with Gasteiger partial charge in [0.1, 0.15) is 0 Å². The lowest BCUT2D eigenvalue weighted by Crippen LogP contribution is -2.49. The second kappa shape index (κ2) is 4.06. The molecule has 1 N–H and O–H groups in total. The first kappa shape index (κ1) is 9.61. The van der Waals surface area contributed by atoms with Crippen molar-refractivity contribution >= 4 is 0 Å². The molecule has 0 atom stereocenters. The molecule has 1 aromatic rings. The Morgan fingerprint density at radius 3 is 3.00 bits per heavy atom. The Morgan fingerprint density at radius 2 is 2.36 bits per heavy atom. The Morgan fingerprint density at radius 1 is 1.57 bits per heavy atom. The normalized spacial score (nSPS) is 18.4. The van der Waals surface area contributed by atoms with E-state index in [4.69, 9.17) is 9.63 Å². The Hall–Kier alpha value is -0.940. The summed E-state index contributed by atoms with van der Waals surface area (Å²) in [4.78, 5) is 6.32. The first-order valence-electron chi connectivity index (χ1n) is 5.00. The summed E-state index contributed by atoms with van der Waals surface area (Å²) >= 11 is 0. The van der Waals surface area contributed by atoms with Crippen LogP contribution in [0.1, 0.15) is 25.1 Å². The van der Waals surface area contributed by atoms with Crippen molar-refractivity contribution in [3.05, 3.63) is 11.7 Å². The van der Waals surface area contributed by atoms with Gasteiger partial charge in [0.15, 0.2) is 5.82 Å². The molecule has 1 aliphatic rings. The van der Waals surface area contributed by atoms with E-state index in [0.717, 1.165) is 18.7 Å². The van der Waals surface area contributed by atoms with Crippen molar-refractivity contribution in [2.24, 2.45) is 0 Å². The number of β-amino-alcohol motifs (C(OH)–C–C–N with tert-alkyl or cyclic N) is 1. The molecule has 0 amide bonds. The zero-order valence-corrected chi connectivity index (χ0v) is 8.31. The maximum atomic E-state index is 9.08. The molecule has 0 aromatic carbocycles. The largest absolute Gasteiger partial charge is 0.390 e. The highest BCUT2D eigenvalue weighted by atomic mass is 16.5. The number of aryl methyl sites for hydroxylation is 1. The third kappa shape index (κ3) is 2.10. The molecule has 78 valence electrons. The molecule has 0 radical (unpaired) electrons. The maximum Gasteiger partial charge on any atom is 0.240 e. The third-order valence-electron chi connectivity index (χ3n) is 2.28. The highest BCUT2D eigenvalue weighted by molar-refractivity contribution is 4.89. The number of aromatic nitrogens is 2. The van der Waals surface area contributed by atoms with E-state index in [1.165, 1.54) is 0 Å². The number of hydrogen-bond acceptors (Lipinski definition) is 5. The first-order chi connectivity index (χ1) is 6.78. The average molecular weight is 197 g/mol. The van der Waals surface area contributed by atoms with Gasteiger partial charge < -0.3 is 9.63 Å². The van der Waals surface area contributed by atoms with E-state index in [9.17, 15) is 0 Å². The van der Waals surface area contributed by atoms with Crippen LogP contribution in [0.15, 0.2) is 4.52 Å². The molecule has 1 aromatic heterocycles. The van der Waals surface area contributed by atoms with E-state index < -0.39 is 0 Å². The predicted octanol–water partition coefficient (Wildman–Crippen LogP) is 0.199. The molecule has 1 aliphatic heterocycles. The summed E-state index contributed by atoms with van der Waals surface area (Å²) in [6.07, 6.45) is 1.72. The summed E-state index contributed by atoms with van der Waals surface area (Å²) in [5.74, 6) is 1.43. The number of likely N-dealkylation sites (tertiary alicyclic amines) is 1. The SMILES string of the molecule is CCCc1noc(CN2CC(O)C2)n1. The number of hydrogen-bond donors (Lipinski definition) is 1. The highest BCUT2D eigenvalue weighted by Crippen LogP contribution is 2.11. The van der Waals surface area contributed by atoms with Crippen molar-refractivity contribution in [2.45, 2.75) is 32.4 Å². The molecule has 5 heteroatoms. The van der Waals surface area contributed by atoms with E-state index >= 15 is 0 Å². The lowest BCUT2D eigenvalue weighted by molar-refractivity contribution is -0.00806. The van der Waals surface area contributed by atoms with Crippen molar-refractivity contribution in [3.63, 3.8) is 0 Å². The van der Waals surface area contributed by atoms with Crippen LogP contribution in [0.2, 0.25) is 0 Å². The number of aliphatic hydroxyl groups excluding tert-OH is 1. The fourth-order valence-corrected chi connectivity index (χ4v) is 1.54. The fourth-order valence-electron chi connectivity index (χ4n) is 1.54. The fraction of sp³-hybridized carbons (Fsp3) is 0.778. The number of aliphatic hydroxyl groups is 1. The van der Waals surface area contributed by atoms with E-state index in [2.05, 4.69) is 22.0 Å². The number of nitrogens with zero attached hydrogens (tertiary/aromatic N) is 3. The zero-order valence-electron chi connectivity index (χ0n) is 8.31. The second-order valence-electron chi connectivity index (χ2n) is 3.70. The summed E-state index contributed by atoms with van der Waals surface area (Å²) in [5.41, 5.74) is 0. The van der Waals surface area contributed by atoms with Crippen LogP contribution in [0.5, 0.6) is 0 Å². The van der Waals surface area contributed by atoms with Gasteiger partial charge in [-0.25, -0.2) is 0 Å². The monoisotopic (exact) mass is 197 g/mol. The Bertz CT molecular complexity index is 294. The summed E-state index contributed by atoms with van der Waals surface area (Å²) < 4.78 is 5.07. The van der Waals surface area contributed by atoms with Gasteiger partial charge in [-0.3, -0.25) is 4.90 Å². The van der Waals surface area contributed by atoms with Crippen LogP contribution in [0.25, 0.3) is 0 Å². The van der Waals surface area contributed by atoms with Crippen molar-refractivity contribution in [1.82, 2.24) is 15.0 Å². The average Bonchev–Trinajstić information content (AvgIpc) is 2.51. The van der Waals surface area contributed by atoms with Gasteiger partial charge in [0.2, 0.25) is 5.89 Å². The molecule has 0 aliphatic carbocycles. The highest BCUT2D eigenvalue weighted by Gasteiger charge is 2.25. The van der Waals surface area contributed by atoms with Gasteiger partial charge in [-0.15, -0.1) is 0 Å². The van der Waals surface area contributed by atoms with E-state index in [0.29, 0.717) is 25.5 Å². The van der Waals surface area contributed by atoms with Gasteiger partial charge in [-0.05, 0) is 6.42 Å². The second-order valence-corrected chi connectivity index (χ2v) is 3.70. The molecule has 0 spiro atoms. The quantitative estimate of drug-likeness (QED) is 0.747. The summed E-state index contributed by atoms with van der Waals surface area (Å²) in [6.45, 7) is 4.17. The van der Waals surface area contributed by atoms with E-state index in [-0.39, 0.29) is 6.10 Å². The van der Waals surface area contributed by atoms with Crippen molar-refractivity contribution in [2.75, 3.05) is 13.1 Å². The van der Waals surface area contributed by atoms with Crippen LogP contribution < -0.4 is 0 Å². The zero-order chi connectivity index (χ0) is 9.97. The minimum absolute atomic E-state index is 0.173. The Kier molecular flexibility index (Phi) is 2.79. The molecule has 0 bridgehead atoms. The van der Waals surface area contributed by atoms with Gasteiger partial charge in [0, 0.05) is 19.5 Å². The van der Waals surface area contributed by atoms with Crippen LogP contribution in [0, 0.1) is 0 Å². The smallest absolute Gasteiger partial charge is 0.240 e. The van der Waals surface area contributed by atoms with Gasteiger partial charge in [-0.2, -0.15) is 4.98 Å². The van der Waals surface area contributed by atoms with Crippen LogP contribution in [0.3, 0.4) is 0 Å². The van der Waals surface area contributed by atoms with Crippen LogP contribution in [0.4, 0.5) is 0 Å². The standard InChI is InChI=1S/C9H15N3O2/c1-2-3-8-10-9(14-11-8)6-12-4-7(13)5-12/h7,13H,2-6H2,1H3. The lowest BCUT2D eigenvalue weighted by atomic mass is 10.2. The summed E-state index contributed by atoms with van der Waals surface area (Å²) in [7, 11) is 0. The molecule has 0 saturated carbocycles.